The van der Waals surface area contributed by atoms with Crippen molar-refractivity contribution < 1.29 is 28.6 Å². The molecule has 0 saturated heterocycles. The summed E-state index contributed by atoms with van der Waals surface area (Å²) in [5.74, 6) is -1.60. The number of hydrogen-bond donors (Lipinski definition) is 3. The highest BCUT2D eigenvalue weighted by Crippen LogP contribution is 2.44. The SMILES string of the molecule is O=C(N[C@@H]1CCC[C@@H]1C(=O)NCc1ccc(C(=O)O)o1)OCC1c2ccccc2-c2ccccc21. The van der Waals surface area contributed by atoms with Gasteiger partial charge in [-0.2, -0.15) is 0 Å². The van der Waals surface area contributed by atoms with Crippen LogP contribution in [0.1, 0.15) is 52.6 Å². The molecular weight excluding hydrogens is 448 g/mol. The third-order valence-electron chi connectivity index (χ3n) is 6.81. The van der Waals surface area contributed by atoms with Crippen LogP contribution in [0.25, 0.3) is 11.1 Å². The van der Waals surface area contributed by atoms with Gasteiger partial charge in [0.2, 0.25) is 11.7 Å². The van der Waals surface area contributed by atoms with E-state index in [1.165, 1.54) is 12.1 Å². The lowest BCUT2D eigenvalue weighted by atomic mass is 9.98. The summed E-state index contributed by atoms with van der Waals surface area (Å²) in [5, 5.41) is 14.6. The normalized spacial score (nSPS) is 18.5. The van der Waals surface area contributed by atoms with Crippen molar-refractivity contribution in [2.24, 2.45) is 5.92 Å². The molecule has 0 bridgehead atoms. The van der Waals surface area contributed by atoms with Crippen molar-refractivity contribution in [1.29, 1.82) is 0 Å². The molecule has 0 radical (unpaired) electrons. The molecule has 1 saturated carbocycles. The zero-order valence-corrected chi connectivity index (χ0v) is 19.0. The largest absolute Gasteiger partial charge is 0.475 e. The Labute approximate surface area is 202 Å². The number of rotatable bonds is 7. The number of alkyl carbamates (subject to hydrolysis) is 1. The fourth-order valence-electron chi connectivity index (χ4n) is 5.13. The minimum Gasteiger partial charge on any atom is -0.475 e. The molecule has 2 aliphatic carbocycles. The van der Waals surface area contributed by atoms with E-state index in [-0.39, 0.29) is 42.7 Å². The fraction of sp³-hybridized carbons (Fsp3) is 0.296. The summed E-state index contributed by atoms with van der Waals surface area (Å²) in [6.07, 6.45) is 1.62. The van der Waals surface area contributed by atoms with Crippen molar-refractivity contribution in [2.75, 3.05) is 6.61 Å². The Kier molecular flexibility index (Phi) is 6.27. The molecule has 180 valence electrons. The highest BCUT2D eigenvalue weighted by atomic mass is 16.5. The first-order chi connectivity index (χ1) is 17.0. The summed E-state index contributed by atoms with van der Waals surface area (Å²) in [6.45, 7) is 0.300. The van der Waals surface area contributed by atoms with Crippen LogP contribution in [0.2, 0.25) is 0 Å². The van der Waals surface area contributed by atoms with Crippen LogP contribution in [0.3, 0.4) is 0 Å². The Balaban J connectivity index is 1.16. The molecule has 1 heterocycles. The average Bonchev–Trinajstić information content (AvgIpc) is 3.59. The standard InChI is InChI=1S/C27H26N2O6/c30-25(28-14-16-12-13-24(35-16)26(31)32)21-10-5-11-23(21)29-27(33)34-15-22-19-8-3-1-6-17(19)18-7-2-4-9-20(18)22/h1-4,6-9,12-13,21-23H,5,10-11,14-15H2,(H,28,30)(H,29,33)(H,31,32)/t21-,23+/m0/s1. The van der Waals surface area contributed by atoms with Gasteiger partial charge in [-0.25, -0.2) is 9.59 Å². The molecule has 2 atom stereocenters. The number of hydrogen-bond acceptors (Lipinski definition) is 5. The second kappa shape index (κ2) is 9.66. The van der Waals surface area contributed by atoms with E-state index in [9.17, 15) is 14.4 Å². The molecule has 8 heteroatoms. The molecular formula is C27H26N2O6. The van der Waals surface area contributed by atoms with Crippen LogP contribution in [-0.4, -0.2) is 35.7 Å². The lowest BCUT2D eigenvalue weighted by Crippen LogP contribution is -2.44. The molecule has 3 aromatic rings. The van der Waals surface area contributed by atoms with Crippen LogP contribution in [0, 0.1) is 5.92 Å². The van der Waals surface area contributed by atoms with Crippen LogP contribution >= 0.6 is 0 Å². The van der Waals surface area contributed by atoms with E-state index in [1.807, 2.05) is 24.3 Å². The zero-order chi connectivity index (χ0) is 24.4. The van der Waals surface area contributed by atoms with E-state index in [0.29, 0.717) is 18.6 Å². The summed E-state index contributed by atoms with van der Waals surface area (Å²) in [6, 6.07) is 18.8. The lowest BCUT2D eigenvalue weighted by Gasteiger charge is -2.21. The number of nitrogens with one attached hydrogen (secondary N) is 2. The van der Waals surface area contributed by atoms with Gasteiger partial charge in [-0.15, -0.1) is 0 Å². The van der Waals surface area contributed by atoms with E-state index in [1.54, 1.807) is 0 Å². The maximum absolute atomic E-state index is 12.7. The fourth-order valence-corrected chi connectivity index (χ4v) is 5.13. The Bertz CT molecular complexity index is 1220. The van der Waals surface area contributed by atoms with Crippen LogP contribution in [0.5, 0.6) is 0 Å². The number of carboxylic acid groups (broad SMARTS) is 1. The van der Waals surface area contributed by atoms with E-state index < -0.39 is 12.1 Å². The van der Waals surface area contributed by atoms with Gasteiger partial charge in [-0.1, -0.05) is 55.0 Å². The molecule has 2 aromatic carbocycles. The van der Waals surface area contributed by atoms with Crippen molar-refractivity contribution in [3.8, 4) is 11.1 Å². The lowest BCUT2D eigenvalue weighted by molar-refractivity contribution is -0.125. The third kappa shape index (κ3) is 4.64. The monoisotopic (exact) mass is 474 g/mol. The number of benzene rings is 2. The molecule has 1 aromatic heterocycles. The van der Waals surface area contributed by atoms with Gasteiger partial charge >= 0.3 is 12.1 Å². The smallest absolute Gasteiger partial charge is 0.407 e. The molecule has 3 N–H and O–H groups in total. The molecule has 0 unspecified atom stereocenters. The number of aromatic carboxylic acids is 1. The first-order valence-corrected chi connectivity index (χ1v) is 11.7. The summed E-state index contributed by atoms with van der Waals surface area (Å²) in [5.41, 5.74) is 4.61. The Morgan fingerprint density at radius 2 is 1.63 bits per heavy atom. The predicted molar refractivity (Wildman–Crippen MR) is 127 cm³/mol. The van der Waals surface area contributed by atoms with Crippen molar-refractivity contribution in [3.05, 3.63) is 83.3 Å². The highest BCUT2D eigenvalue weighted by Gasteiger charge is 2.35. The van der Waals surface area contributed by atoms with Crippen LogP contribution < -0.4 is 10.6 Å². The van der Waals surface area contributed by atoms with Crippen molar-refractivity contribution in [1.82, 2.24) is 10.6 Å². The molecule has 0 aliphatic heterocycles. The topological polar surface area (TPSA) is 118 Å². The van der Waals surface area contributed by atoms with Gasteiger partial charge in [0.1, 0.15) is 12.4 Å². The first kappa shape index (κ1) is 22.7. The molecule has 5 rings (SSSR count). The van der Waals surface area contributed by atoms with Gasteiger partial charge in [0, 0.05) is 12.0 Å². The summed E-state index contributed by atoms with van der Waals surface area (Å²) < 4.78 is 10.8. The molecule has 35 heavy (non-hydrogen) atoms. The minimum atomic E-state index is -1.16. The van der Waals surface area contributed by atoms with Gasteiger partial charge in [-0.3, -0.25) is 4.79 Å². The van der Waals surface area contributed by atoms with Crippen LogP contribution in [0.15, 0.2) is 65.1 Å². The number of amides is 2. The molecule has 8 nitrogen and oxygen atoms in total. The van der Waals surface area contributed by atoms with Gasteiger partial charge in [-0.05, 0) is 47.2 Å². The average molecular weight is 475 g/mol. The number of furan rings is 1. The Morgan fingerprint density at radius 1 is 0.943 bits per heavy atom. The second-order valence-corrected chi connectivity index (χ2v) is 8.90. The van der Waals surface area contributed by atoms with Crippen molar-refractivity contribution >= 4 is 18.0 Å². The maximum Gasteiger partial charge on any atom is 0.407 e. The summed E-state index contributed by atoms with van der Waals surface area (Å²) >= 11 is 0. The third-order valence-corrected chi connectivity index (χ3v) is 6.81. The van der Waals surface area contributed by atoms with Gasteiger partial charge in [0.25, 0.3) is 0 Å². The summed E-state index contributed by atoms with van der Waals surface area (Å²) in [4.78, 5) is 36.3. The van der Waals surface area contributed by atoms with E-state index in [4.69, 9.17) is 14.3 Å². The molecule has 2 amide bonds. The zero-order valence-electron chi connectivity index (χ0n) is 19.0. The Morgan fingerprint density at radius 3 is 2.29 bits per heavy atom. The molecule has 0 spiro atoms. The predicted octanol–water partition coefficient (Wildman–Crippen LogP) is 4.30. The van der Waals surface area contributed by atoms with Crippen LogP contribution in [0.4, 0.5) is 4.79 Å². The number of carbonyl (C=O) groups excluding carboxylic acids is 2. The van der Waals surface area contributed by atoms with Crippen molar-refractivity contribution in [2.45, 2.75) is 37.8 Å². The van der Waals surface area contributed by atoms with E-state index in [2.05, 4.69) is 34.9 Å². The highest BCUT2D eigenvalue weighted by molar-refractivity contribution is 5.84. The minimum absolute atomic E-state index is 0.0280. The Hall–Kier alpha value is -4.07. The number of carboxylic acids is 1. The number of fused-ring (bicyclic) bond motifs is 3. The summed E-state index contributed by atoms with van der Waals surface area (Å²) in [7, 11) is 0. The van der Waals surface area contributed by atoms with Gasteiger partial charge < -0.3 is 24.9 Å². The maximum atomic E-state index is 12.7. The molecule has 2 aliphatic rings. The van der Waals surface area contributed by atoms with Gasteiger partial charge in [0.05, 0.1) is 12.5 Å². The second-order valence-electron chi connectivity index (χ2n) is 8.90. The van der Waals surface area contributed by atoms with Gasteiger partial charge in [0.15, 0.2) is 0 Å². The number of carbonyl (C=O) groups is 3. The van der Waals surface area contributed by atoms with E-state index >= 15 is 0 Å². The number of ether oxygens (including phenoxy) is 1. The quantitative estimate of drug-likeness (QED) is 0.470. The van der Waals surface area contributed by atoms with E-state index in [0.717, 1.165) is 28.7 Å². The van der Waals surface area contributed by atoms with Crippen LogP contribution in [-0.2, 0) is 16.1 Å². The first-order valence-electron chi connectivity index (χ1n) is 11.7. The van der Waals surface area contributed by atoms with Crippen molar-refractivity contribution in [3.63, 3.8) is 0 Å². The molecule has 1 fully saturated rings.